The minimum Gasteiger partial charge on any atom is -0.379 e. The van der Waals surface area contributed by atoms with Gasteiger partial charge in [0.1, 0.15) is 11.6 Å². The third-order valence-electron chi connectivity index (χ3n) is 4.79. The highest BCUT2D eigenvalue weighted by atomic mass is 19.1. The lowest BCUT2D eigenvalue weighted by Gasteiger charge is -2.26. The van der Waals surface area contributed by atoms with E-state index in [1.54, 1.807) is 12.4 Å². The van der Waals surface area contributed by atoms with Gasteiger partial charge in [0.2, 0.25) is 5.91 Å². The van der Waals surface area contributed by atoms with Crippen molar-refractivity contribution in [2.24, 2.45) is 0 Å². The molecule has 28 heavy (non-hydrogen) atoms. The van der Waals surface area contributed by atoms with Crippen LogP contribution in [0.15, 0.2) is 48.9 Å². The Balaban J connectivity index is 1.46. The maximum Gasteiger partial charge on any atom is 0.226 e. The fraction of sp³-hybridized carbons (Fsp3) is 0.286. The molecule has 1 N–H and O–H groups in total. The SMILES string of the molecule is O=C(CCN1CCOCC1)Nc1cc2cc(-c3cncc(F)c3)ccc2cn1. The number of halogens is 1. The van der Waals surface area contributed by atoms with E-state index in [9.17, 15) is 9.18 Å². The van der Waals surface area contributed by atoms with Gasteiger partial charge in [-0.1, -0.05) is 12.1 Å². The monoisotopic (exact) mass is 380 g/mol. The number of rotatable bonds is 5. The van der Waals surface area contributed by atoms with E-state index in [1.807, 2.05) is 24.3 Å². The number of ether oxygens (including phenoxy) is 1. The van der Waals surface area contributed by atoms with Crippen molar-refractivity contribution in [2.45, 2.75) is 6.42 Å². The molecule has 0 aliphatic carbocycles. The average molecular weight is 380 g/mol. The van der Waals surface area contributed by atoms with Crippen molar-refractivity contribution in [3.8, 4) is 11.1 Å². The third kappa shape index (κ3) is 4.49. The summed E-state index contributed by atoms with van der Waals surface area (Å²) in [5, 5.41) is 4.72. The molecular weight excluding hydrogens is 359 g/mol. The predicted molar refractivity (Wildman–Crippen MR) is 105 cm³/mol. The number of morpholine rings is 1. The Morgan fingerprint density at radius 3 is 2.75 bits per heavy atom. The van der Waals surface area contributed by atoms with Crippen LogP contribution in [0.2, 0.25) is 0 Å². The Labute approximate surface area is 162 Å². The summed E-state index contributed by atoms with van der Waals surface area (Å²) in [4.78, 5) is 22.7. The molecule has 3 aromatic rings. The summed E-state index contributed by atoms with van der Waals surface area (Å²) in [5.74, 6) is 0.0679. The molecule has 1 aliphatic heterocycles. The zero-order valence-electron chi connectivity index (χ0n) is 15.4. The van der Waals surface area contributed by atoms with E-state index in [2.05, 4.69) is 20.2 Å². The van der Waals surface area contributed by atoms with Gasteiger partial charge in [-0.3, -0.25) is 14.7 Å². The summed E-state index contributed by atoms with van der Waals surface area (Å²) < 4.78 is 18.8. The van der Waals surface area contributed by atoms with Crippen LogP contribution in [0.1, 0.15) is 6.42 Å². The molecule has 1 fully saturated rings. The van der Waals surface area contributed by atoms with Gasteiger partial charge in [-0.05, 0) is 29.1 Å². The van der Waals surface area contributed by atoms with Crippen LogP contribution in [-0.2, 0) is 9.53 Å². The van der Waals surface area contributed by atoms with Crippen molar-refractivity contribution in [2.75, 3.05) is 38.2 Å². The number of benzene rings is 1. The minimum atomic E-state index is -0.374. The van der Waals surface area contributed by atoms with E-state index in [0.717, 1.165) is 42.6 Å². The Morgan fingerprint density at radius 2 is 1.93 bits per heavy atom. The molecule has 4 rings (SSSR count). The van der Waals surface area contributed by atoms with E-state index in [4.69, 9.17) is 4.74 Å². The normalized spacial score (nSPS) is 14.9. The molecule has 0 saturated carbocycles. The number of hydrogen-bond donors (Lipinski definition) is 1. The molecule has 0 atom stereocenters. The molecule has 1 aliphatic rings. The Hall–Kier alpha value is -2.90. The molecule has 144 valence electrons. The van der Waals surface area contributed by atoms with Crippen molar-refractivity contribution < 1.29 is 13.9 Å². The van der Waals surface area contributed by atoms with Gasteiger partial charge in [0.25, 0.3) is 0 Å². The number of anilines is 1. The van der Waals surface area contributed by atoms with Crippen LogP contribution in [0.25, 0.3) is 21.9 Å². The first kappa shape index (κ1) is 18.5. The number of nitrogens with zero attached hydrogens (tertiary/aromatic N) is 3. The summed E-state index contributed by atoms with van der Waals surface area (Å²) in [6.07, 6.45) is 4.94. The van der Waals surface area contributed by atoms with Gasteiger partial charge in [-0.2, -0.15) is 0 Å². The summed E-state index contributed by atoms with van der Waals surface area (Å²) in [5.41, 5.74) is 1.56. The second-order valence-electron chi connectivity index (χ2n) is 6.78. The number of carbonyl (C=O) groups is 1. The lowest BCUT2D eigenvalue weighted by molar-refractivity contribution is -0.116. The molecule has 1 saturated heterocycles. The quantitative estimate of drug-likeness (QED) is 0.737. The highest BCUT2D eigenvalue weighted by molar-refractivity contribution is 5.94. The summed E-state index contributed by atoms with van der Waals surface area (Å²) in [6, 6.07) is 9.05. The highest BCUT2D eigenvalue weighted by Gasteiger charge is 2.12. The van der Waals surface area contributed by atoms with Crippen LogP contribution in [0, 0.1) is 5.82 Å². The minimum absolute atomic E-state index is 0.0659. The molecule has 7 heteroatoms. The lowest BCUT2D eigenvalue weighted by Crippen LogP contribution is -2.38. The van der Waals surface area contributed by atoms with E-state index < -0.39 is 0 Å². The van der Waals surface area contributed by atoms with E-state index in [-0.39, 0.29) is 11.7 Å². The standard InChI is InChI=1S/C21H21FN4O2/c22-19-10-18(12-23-14-19)15-1-2-16-13-24-20(11-17(16)9-15)25-21(27)3-4-26-5-7-28-8-6-26/h1-2,9-14H,3-8H2,(H,24,25,27). The topological polar surface area (TPSA) is 67.3 Å². The molecule has 0 spiro atoms. The van der Waals surface area contributed by atoms with Gasteiger partial charge in [0.15, 0.2) is 0 Å². The first-order valence-corrected chi connectivity index (χ1v) is 9.28. The summed E-state index contributed by atoms with van der Waals surface area (Å²) in [6.45, 7) is 3.87. The fourth-order valence-corrected chi connectivity index (χ4v) is 3.25. The van der Waals surface area contributed by atoms with Crippen molar-refractivity contribution in [3.05, 3.63) is 54.7 Å². The average Bonchev–Trinajstić information content (AvgIpc) is 2.72. The zero-order chi connectivity index (χ0) is 19.3. The Kier molecular flexibility index (Phi) is 5.55. The number of aromatic nitrogens is 2. The number of amides is 1. The van der Waals surface area contributed by atoms with Gasteiger partial charge in [-0.25, -0.2) is 9.37 Å². The summed E-state index contributed by atoms with van der Waals surface area (Å²) >= 11 is 0. The maximum absolute atomic E-state index is 13.5. The molecular formula is C21H21FN4O2. The highest BCUT2D eigenvalue weighted by Crippen LogP contribution is 2.25. The zero-order valence-corrected chi connectivity index (χ0v) is 15.4. The number of nitrogens with one attached hydrogen (secondary N) is 1. The molecule has 1 aromatic carbocycles. The molecule has 2 aromatic heterocycles. The Bertz CT molecular complexity index is 989. The smallest absolute Gasteiger partial charge is 0.226 e. The largest absolute Gasteiger partial charge is 0.379 e. The van der Waals surface area contributed by atoms with Gasteiger partial charge in [-0.15, -0.1) is 0 Å². The van der Waals surface area contributed by atoms with Crippen LogP contribution >= 0.6 is 0 Å². The molecule has 1 amide bonds. The first-order chi connectivity index (χ1) is 13.7. The van der Waals surface area contributed by atoms with E-state index >= 15 is 0 Å². The molecule has 0 bridgehead atoms. The van der Waals surface area contributed by atoms with Crippen LogP contribution < -0.4 is 5.32 Å². The predicted octanol–water partition coefficient (Wildman–Crippen LogP) is 3.10. The lowest BCUT2D eigenvalue weighted by atomic mass is 10.0. The first-order valence-electron chi connectivity index (χ1n) is 9.28. The molecule has 0 radical (unpaired) electrons. The Morgan fingerprint density at radius 1 is 1.07 bits per heavy atom. The van der Waals surface area contributed by atoms with Crippen molar-refractivity contribution in [1.82, 2.24) is 14.9 Å². The van der Waals surface area contributed by atoms with Crippen LogP contribution in [0.4, 0.5) is 10.2 Å². The van der Waals surface area contributed by atoms with Gasteiger partial charge in [0.05, 0.1) is 19.4 Å². The molecule has 0 unspecified atom stereocenters. The second kappa shape index (κ2) is 8.41. The van der Waals surface area contributed by atoms with Gasteiger partial charge < -0.3 is 10.1 Å². The van der Waals surface area contributed by atoms with E-state index in [0.29, 0.717) is 24.3 Å². The molecule has 6 nitrogen and oxygen atoms in total. The van der Waals surface area contributed by atoms with Crippen molar-refractivity contribution >= 4 is 22.5 Å². The van der Waals surface area contributed by atoms with Crippen molar-refractivity contribution in [1.29, 1.82) is 0 Å². The van der Waals surface area contributed by atoms with Crippen LogP contribution in [-0.4, -0.2) is 53.6 Å². The van der Waals surface area contributed by atoms with Gasteiger partial charge in [0, 0.05) is 49.4 Å². The number of pyridine rings is 2. The third-order valence-corrected chi connectivity index (χ3v) is 4.79. The molecule has 3 heterocycles. The number of fused-ring (bicyclic) bond motifs is 1. The van der Waals surface area contributed by atoms with Crippen LogP contribution in [0.5, 0.6) is 0 Å². The van der Waals surface area contributed by atoms with E-state index in [1.165, 1.54) is 12.3 Å². The van der Waals surface area contributed by atoms with Gasteiger partial charge >= 0.3 is 0 Å². The maximum atomic E-state index is 13.5. The fourth-order valence-electron chi connectivity index (χ4n) is 3.25. The number of hydrogen-bond acceptors (Lipinski definition) is 5. The van der Waals surface area contributed by atoms with Crippen molar-refractivity contribution in [3.63, 3.8) is 0 Å². The second-order valence-corrected chi connectivity index (χ2v) is 6.78. The van der Waals surface area contributed by atoms with Crippen LogP contribution in [0.3, 0.4) is 0 Å². The number of carbonyl (C=O) groups excluding carboxylic acids is 1. The summed E-state index contributed by atoms with van der Waals surface area (Å²) in [7, 11) is 0.